The third-order valence-corrected chi connectivity index (χ3v) is 6.84. The second-order valence-corrected chi connectivity index (χ2v) is 10.4. The van der Waals surface area contributed by atoms with Crippen molar-refractivity contribution in [1.82, 2.24) is 0 Å². The molecule has 0 aromatic heterocycles. The third kappa shape index (κ3) is 22.4. The van der Waals surface area contributed by atoms with Crippen molar-refractivity contribution in [2.24, 2.45) is 0 Å². The minimum Gasteiger partial charge on any atom is -0.491 e. The second-order valence-electron chi connectivity index (χ2n) is 10.4. The summed E-state index contributed by atoms with van der Waals surface area (Å²) in [4.78, 5) is 11.8. The summed E-state index contributed by atoms with van der Waals surface area (Å²) in [5.41, 5.74) is 1.38. The molecule has 5 heteroatoms. The summed E-state index contributed by atoms with van der Waals surface area (Å²) in [7, 11) is 0. The monoisotopic (exact) mass is 534 g/mol. The zero-order valence-corrected chi connectivity index (χ0v) is 24.8. The lowest BCUT2D eigenvalue weighted by Crippen LogP contribution is -2.14. The Morgan fingerprint density at radius 1 is 0.553 bits per heavy atom. The van der Waals surface area contributed by atoms with Gasteiger partial charge in [-0.15, -0.1) is 0 Å². The van der Waals surface area contributed by atoms with Gasteiger partial charge in [0.05, 0.1) is 26.4 Å². The Balaban J connectivity index is 1.84. The van der Waals surface area contributed by atoms with Gasteiger partial charge in [-0.05, 0) is 37.0 Å². The van der Waals surface area contributed by atoms with E-state index >= 15 is 0 Å². The maximum Gasteiger partial charge on any atom is 0.305 e. The quantitative estimate of drug-likeness (QED) is 0.0794. The minimum absolute atomic E-state index is 0.115. The van der Waals surface area contributed by atoms with E-state index < -0.39 is 0 Å². The number of rotatable bonds is 28. The molecule has 0 spiro atoms. The van der Waals surface area contributed by atoms with Crippen molar-refractivity contribution in [2.45, 2.75) is 129 Å². The molecular formula is C33H58O5. The fraction of sp³-hybridized carbons (Fsp3) is 0.788. The van der Waals surface area contributed by atoms with E-state index in [2.05, 4.69) is 38.1 Å². The highest BCUT2D eigenvalue weighted by Gasteiger charge is 2.03. The summed E-state index contributed by atoms with van der Waals surface area (Å²) in [6.07, 6.45) is 22.3. The summed E-state index contributed by atoms with van der Waals surface area (Å²) >= 11 is 0. The van der Waals surface area contributed by atoms with E-state index in [0.29, 0.717) is 46.1 Å². The van der Waals surface area contributed by atoms with Gasteiger partial charge < -0.3 is 18.9 Å². The summed E-state index contributed by atoms with van der Waals surface area (Å²) in [5.74, 6) is 0.771. The average Bonchev–Trinajstić information content (AvgIpc) is 2.93. The summed E-state index contributed by atoms with van der Waals surface area (Å²) in [5, 5.41) is 0. The van der Waals surface area contributed by atoms with Crippen LogP contribution in [0, 0.1) is 0 Å². The van der Waals surface area contributed by atoms with E-state index in [-0.39, 0.29) is 5.97 Å². The van der Waals surface area contributed by atoms with Crippen molar-refractivity contribution in [3.63, 3.8) is 0 Å². The van der Waals surface area contributed by atoms with Gasteiger partial charge >= 0.3 is 5.97 Å². The largest absolute Gasteiger partial charge is 0.491 e. The predicted octanol–water partition coefficient (Wildman–Crippen LogP) is 8.86. The van der Waals surface area contributed by atoms with E-state index in [1.165, 1.54) is 95.5 Å². The van der Waals surface area contributed by atoms with Gasteiger partial charge in [0.25, 0.3) is 0 Å². The van der Waals surface area contributed by atoms with Gasteiger partial charge in [-0.25, -0.2) is 0 Å². The van der Waals surface area contributed by atoms with E-state index in [0.717, 1.165) is 25.0 Å². The highest BCUT2D eigenvalue weighted by molar-refractivity contribution is 5.69. The number of carbonyl (C=O) groups is 1. The van der Waals surface area contributed by atoms with Crippen LogP contribution in [0.2, 0.25) is 0 Å². The number of unbranched alkanes of at least 4 members (excludes halogenated alkanes) is 14. The van der Waals surface area contributed by atoms with Crippen LogP contribution in [-0.4, -0.2) is 45.6 Å². The minimum atomic E-state index is -0.115. The normalized spacial score (nSPS) is 11.1. The lowest BCUT2D eigenvalue weighted by molar-refractivity contribution is -0.145. The lowest BCUT2D eigenvalue weighted by atomic mass is 10.0. The molecule has 220 valence electrons. The zero-order valence-electron chi connectivity index (χ0n) is 24.8. The number of aryl methyl sites for hydroxylation is 1. The molecule has 0 aliphatic carbocycles. The number of hydrogen-bond acceptors (Lipinski definition) is 5. The first kappa shape index (κ1) is 34.4. The fourth-order valence-electron chi connectivity index (χ4n) is 4.45. The molecule has 0 aliphatic rings. The first-order chi connectivity index (χ1) is 18.8. The number of benzene rings is 1. The standard InChI is InChI=1S/C33H58O5/c1-3-5-7-9-11-12-14-16-18-20-33(34)38-30-28-36-26-25-35-27-29-37-32-23-21-31(22-24-32)19-17-15-13-10-8-6-4-2/h21-24H,3-20,25-30H2,1-2H3. The molecule has 1 aromatic carbocycles. The van der Waals surface area contributed by atoms with Gasteiger partial charge in [0.2, 0.25) is 0 Å². The molecule has 0 atom stereocenters. The van der Waals surface area contributed by atoms with E-state index in [1.54, 1.807) is 0 Å². The molecule has 0 heterocycles. The van der Waals surface area contributed by atoms with Crippen molar-refractivity contribution in [2.75, 3.05) is 39.6 Å². The van der Waals surface area contributed by atoms with E-state index in [4.69, 9.17) is 18.9 Å². The molecule has 5 nitrogen and oxygen atoms in total. The number of carbonyl (C=O) groups excluding carboxylic acids is 1. The first-order valence-electron chi connectivity index (χ1n) is 15.8. The highest BCUT2D eigenvalue weighted by atomic mass is 16.6. The predicted molar refractivity (Wildman–Crippen MR) is 158 cm³/mol. The molecule has 0 N–H and O–H groups in total. The highest BCUT2D eigenvalue weighted by Crippen LogP contribution is 2.15. The summed E-state index contributed by atoms with van der Waals surface area (Å²) in [6.45, 7) is 7.28. The fourth-order valence-corrected chi connectivity index (χ4v) is 4.45. The second kappa shape index (κ2) is 27.0. The smallest absolute Gasteiger partial charge is 0.305 e. The maximum atomic E-state index is 11.8. The van der Waals surface area contributed by atoms with Crippen LogP contribution >= 0.6 is 0 Å². The van der Waals surface area contributed by atoms with Crippen LogP contribution < -0.4 is 4.74 Å². The molecule has 0 bridgehead atoms. The van der Waals surface area contributed by atoms with Crippen molar-refractivity contribution >= 4 is 5.97 Å². The van der Waals surface area contributed by atoms with Crippen LogP contribution in [0.3, 0.4) is 0 Å². The zero-order chi connectivity index (χ0) is 27.4. The number of hydrogen-bond donors (Lipinski definition) is 0. The van der Waals surface area contributed by atoms with Crippen LogP contribution in [-0.2, 0) is 25.4 Å². The Kier molecular flexibility index (Phi) is 24.5. The van der Waals surface area contributed by atoms with Crippen LogP contribution in [0.5, 0.6) is 5.75 Å². The first-order valence-corrected chi connectivity index (χ1v) is 15.8. The SMILES string of the molecule is CCCCCCCCCCCC(=O)OCCOCCOCCOc1ccc(CCCCCCCCC)cc1. The summed E-state index contributed by atoms with van der Waals surface area (Å²) in [6, 6.07) is 8.45. The van der Waals surface area contributed by atoms with Gasteiger partial charge in [0.15, 0.2) is 0 Å². The van der Waals surface area contributed by atoms with Gasteiger partial charge in [0.1, 0.15) is 19.0 Å². The van der Waals surface area contributed by atoms with E-state index in [9.17, 15) is 4.79 Å². The molecule has 0 aliphatic heterocycles. The summed E-state index contributed by atoms with van der Waals surface area (Å²) < 4.78 is 22.0. The van der Waals surface area contributed by atoms with Crippen molar-refractivity contribution in [3.8, 4) is 5.75 Å². The molecule has 1 rings (SSSR count). The van der Waals surface area contributed by atoms with Gasteiger partial charge in [-0.3, -0.25) is 4.79 Å². The topological polar surface area (TPSA) is 54.0 Å². The van der Waals surface area contributed by atoms with Crippen LogP contribution in [0.1, 0.15) is 129 Å². The van der Waals surface area contributed by atoms with Crippen LogP contribution in [0.15, 0.2) is 24.3 Å². The molecule has 0 amide bonds. The molecule has 0 saturated heterocycles. The van der Waals surface area contributed by atoms with Crippen molar-refractivity contribution in [3.05, 3.63) is 29.8 Å². The third-order valence-electron chi connectivity index (χ3n) is 6.84. The Hall–Kier alpha value is -1.59. The molecule has 0 fully saturated rings. The molecule has 0 unspecified atom stereocenters. The average molecular weight is 535 g/mol. The van der Waals surface area contributed by atoms with Gasteiger partial charge in [-0.2, -0.15) is 0 Å². The Morgan fingerprint density at radius 3 is 1.61 bits per heavy atom. The van der Waals surface area contributed by atoms with Crippen LogP contribution in [0.25, 0.3) is 0 Å². The Morgan fingerprint density at radius 2 is 1.03 bits per heavy atom. The molecule has 1 aromatic rings. The Bertz CT molecular complexity index is 631. The lowest BCUT2D eigenvalue weighted by Gasteiger charge is -2.09. The number of ether oxygens (including phenoxy) is 4. The van der Waals surface area contributed by atoms with Crippen LogP contribution in [0.4, 0.5) is 0 Å². The van der Waals surface area contributed by atoms with E-state index in [1.807, 2.05) is 0 Å². The van der Waals surface area contributed by atoms with Crippen molar-refractivity contribution < 1.29 is 23.7 Å². The van der Waals surface area contributed by atoms with Gasteiger partial charge in [-0.1, -0.05) is 116 Å². The van der Waals surface area contributed by atoms with Crippen molar-refractivity contribution in [1.29, 1.82) is 0 Å². The van der Waals surface area contributed by atoms with Gasteiger partial charge in [0, 0.05) is 6.42 Å². The molecule has 38 heavy (non-hydrogen) atoms. The molecule has 0 radical (unpaired) electrons. The Labute approximate surface area is 234 Å². The molecular weight excluding hydrogens is 476 g/mol. The maximum absolute atomic E-state index is 11.8. The molecule has 0 saturated carbocycles. The number of esters is 1.